The van der Waals surface area contributed by atoms with Crippen LogP contribution < -0.4 is 0 Å². The number of nitrogens with zero attached hydrogens (tertiary/aromatic N) is 3. The quantitative estimate of drug-likeness (QED) is 0.805. The molecule has 0 atom stereocenters. The van der Waals surface area contributed by atoms with Crippen molar-refractivity contribution in [2.45, 2.75) is 13.8 Å². The lowest BCUT2D eigenvalue weighted by Gasteiger charge is -2.35. The molecule has 0 radical (unpaired) electrons. The van der Waals surface area contributed by atoms with E-state index in [0.717, 1.165) is 32.7 Å². The van der Waals surface area contributed by atoms with E-state index >= 15 is 0 Å². The lowest BCUT2D eigenvalue weighted by Crippen LogP contribution is -2.49. The van der Waals surface area contributed by atoms with Crippen molar-refractivity contribution in [1.29, 1.82) is 0 Å². The first-order valence-electron chi connectivity index (χ1n) is 6.80. The Morgan fingerprint density at radius 3 is 2.55 bits per heavy atom. The molecule has 0 unspecified atom stereocenters. The maximum atomic E-state index is 12.4. The molecule has 1 aromatic rings. The van der Waals surface area contributed by atoms with Gasteiger partial charge in [0, 0.05) is 38.9 Å². The van der Waals surface area contributed by atoms with Crippen LogP contribution in [0.4, 0.5) is 0 Å². The number of carbonyl (C=O) groups is 1. The molecule has 1 saturated heterocycles. The zero-order valence-corrected chi connectivity index (χ0v) is 13.3. The van der Waals surface area contributed by atoms with Crippen molar-refractivity contribution in [3.63, 3.8) is 0 Å². The summed E-state index contributed by atoms with van der Waals surface area (Å²) >= 11 is 11.9. The van der Waals surface area contributed by atoms with Gasteiger partial charge in [-0.1, -0.05) is 37.0 Å². The standard InChI is InChI=1S/C14H19Cl2N3O/c1-10(2)9-18-3-5-19(6-4-18)14(20)11-7-13(16)17-8-12(11)15/h7-8,10H,3-6,9H2,1-2H3. The molecule has 0 aromatic carbocycles. The van der Waals surface area contributed by atoms with Crippen LogP contribution in [0, 0.1) is 5.92 Å². The Bertz CT molecular complexity index is 485. The molecule has 1 aliphatic heterocycles. The maximum Gasteiger partial charge on any atom is 0.255 e. The zero-order valence-electron chi connectivity index (χ0n) is 11.8. The van der Waals surface area contributed by atoms with Gasteiger partial charge in [-0.25, -0.2) is 4.98 Å². The van der Waals surface area contributed by atoms with Crippen LogP contribution in [0.5, 0.6) is 0 Å². The minimum absolute atomic E-state index is 0.0662. The molecule has 6 heteroatoms. The highest BCUT2D eigenvalue weighted by Crippen LogP contribution is 2.20. The van der Waals surface area contributed by atoms with Gasteiger partial charge in [-0.15, -0.1) is 0 Å². The highest BCUT2D eigenvalue weighted by molar-refractivity contribution is 6.35. The SMILES string of the molecule is CC(C)CN1CCN(C(=O)c2cc(Cl)ncc2Cl)CC1. The number of hydrogen-bond donors (Lipinski definition) is 0. The second-order valence-electron chi connectivity index (χ2n) is 5.47. The van der Waals surface area contributed by atoms with Crippen LogP contribution in [0.3, 0.4) is 0 Å². The lowest BCUT2D eigenvalue weighted by atomic mass is 10.1. The maximum absolute atomic E-state index is 12.4. The van der Waals surface area contributed by atoms with Gasteiger partial charge >= 0.3 is 0 Å². The summed E-state index contributed by atoms with van der Waals surface area (Å²) in [5, 5.41) is 0.639. The van der Waals surface area contributed by atoms with E-state index in [9.17, 15) is 4.79 Å². The third-order valence-electron chi connectivity index (χ3n) is 3.34. The fourth-order valence-corrected chi connectivity index (χ4v) is 2.74. The van der Waals surface area contributed by atoms with Crippen LogP contribution in [-0.2, 0) is 0 Å². The molecule has 20 heavy (non-hydrogen) atoms. The molecule has 0 N–H and O–H groups in total. The Morgan fingerprint density at radius 2 is 1.95 bits per heavy atom. The molecule has 0 saturated carbocycles. The summed E-state index contributed by atoms with van der Waals surface area (Å²) in [6.45, 7) is 8.74. The lowest BCUT2D eigenvalue weighted by molar-refractivity contribution is 0.0624. The normalized spacial score (nSPS) is 16.8. The van der Waals surface area contributed by atoms with Gasteiger partial charge in [0.15, 0.2) is 0 Å². The first kappa shape index (κ1) is 15.5. The molecule has 4 nitrogen and oxygen atoms in total. The van der Waals surface area contributed by atoms with Gasteiger partial charge in [0.25, 0.3) is 5.91 Å². The summed E-state index contributed by atoms with van der Waals surface area (Å²) in [6.07, 6.45) is 1.42. The molecule has 1 aliphatic rings. The molecule has 0 bridgehead atoms. The van der Waals surface area contributed by atoms with Gasteiger partial charge in [-0.2, -0.15) is 0 Å². The molecule has 1 fully saturated rings. The van der Waals surface area contributed by atoms with Crippen LogP contribution >= 0.6 is 23.2 Å². The van der Waals surface area contributed by atoms with Gasteiger partial charge in [-0.05, 0) is 12.0 Å². The number of aromatic nitrogens is 1. The van der Waals surface area contributed by atoms with Crippen LogP contribution in [0.25, 0.3) is 0 Å². The monoisotopic (exact) mass is 315 g/mol. The number of hydrogen-bond acceptors (Lipinski definition) is 3. The molecule has 2 rings (SSSR count). The summed E-state index contributed by atoms with van der Waals surface area (Å²) < 4.78 is 0. The van der Waals surface area contributed by atoms with Crippen LogP contribution in [-0.4, -0.2) is 53.4 Å². The Labute approximate surface area is 129 Å². The van der Waals surface area contributed by atoms with Gasteiger partial charge < -0.3 is 4.90 Å². The number of halogens is 2. The highest BCUT2D eigenvalue weighted by atomic mass is 35.5. The third-order valence-corrected chi connectivity index (χ3v) is 3.84. The number of piperazine rings is 1. The Hall–Kier alpha value is -0.840. The van der Waals surface area contributed by atoms with Crippen molar-refractivity contribution >= 4 is 29.1 Å². The van der Waals surface area contributed by atoms with Crippen LogP contribution in [0.2, 0.25) is 10.2 Å². The second kappa shape index (κ2) is 6.74. The largest absolute Gasteiger partial charge is 0.336 e. The van der Waals surface area contributed by atoms with Crippen molar-refractivity contribution in [3.8, 4) is 0 Å². The van der Waals surface area contributed by atoms with Gasteiger partial charge in [-0.3, -0.25) is 9.69 Å². The molecule has 1 amide bonds. The van der Waals surface area contributed by atoms with Gasteiger partial charge in [0.1, 0.15) is 5.15 Å². The zero-order chi connectivity index (χ0) is 14.7. The van der Waals surface area contributed by atoms with Gasteiger partial charge in [0.2, 0.25) is 0 Å². The predicted octanol–water partition coefficient (Wildman–Crippen LogP) is 2.80. The van der Waals surface area contributed by atoms with E-state index in [1.807, 2.05) is 4.90 Å². The Balaban J connectivity index is 2.00. The highest BCUT2D eigenvalue weighted by Gasteiger charge is 2.24. The van der Waals surface area contributed by atoms with Gasteiger partial charge in [0.05, 0.1) is 10.6 Å². The average Bonchev–Trinajstić information content (AvgIpc) is 2.41. The van der Waals surface area contributed by atoms with Crippen LogP contribution in [0.1, 0.15) is 24.2 Å². The first-order chi connectivity index (χ1) is 9.47. The second-order valence-corrected chi connectivity index (χ2v) is 6.27. The summed E-state index contributed by atoms with van der Waals surface area (Å²) in [7, 11) is 0. The Kier molecular flexibility index (Phi) is 5.24. The fourth-order valence-electron chi connectivity index (χ4n) is 2.40. The van der Waals surface area contributed by atoms with Crippen molar-refractivity contribution in [1.82, 2.24) is 14.8 Å². The molecule has 1 aromatic heterocycles. The average molecular weight is 316 g/mol. The van der Waals surface area contributed by atoms with Crippen molar-refractivity contribution < 1.29 is 4.79 Å². The van der Waals surface area contributed by atoms with E-state index < -0.39 is 0 Å². The third kappa shape index (κ3) is 3.84. The number of carbonyl (C=O) groups excluding carboxylic acids is 1. The van der Waals surface area contributed by atoms with E-state index in [4.69, 9.17) is 23.2 Å². The molecule has 2 heterocycles. The Morgan fingerprint density at radius 1 is 1.30 bits per heavy atom. The predicted molar refractivity (Wildman–Crippen MR) is 81.4 cm³/mol. The summed E-state index contributed by atoms with van der Waals surface area (Å²) in [6, 6.07) is 1.53. The summed E-state index contributed by atoms with van der Waals surface area (Å²) in [5.74, 6) is 0.578. The van der Waals surface area contributed by atoms with E-state index in [-0.39, 0.29) is 11.1 Å². The van der Waals surface area contributed by atoms with Crippen molar-refractivity contribution in [2.24, 2.45) is 5.92 Å². The molecular weight excluding hydrogens is 297 g/mol. The minimum Gasteiger partial charge on any atom is -0.336 e. The fraction of sp³-hybridized carbons (Fsp3) is 0.571. The van der Waals surface area contributed by atoms with E-state index in [1.54, 1.807) is 0 Å². The van der Waals surface area contributed by atoms with E-state index in [1.165, 1.54) is 12.3 Å². The molecule has 0 spiro atoms. The minimum atomic E-state index is -0.0662. The number of rotatable bonds is 3. The number of amides is 1. The summed E-state index contributed by atoms with van der Waals surface area (Å²) in [4.78, 5) is 20.5. The smallest absolute Gasteiger partial charge is 0.255 e. The topological polar surface area (TPSA) is 36.4 Å². The van der Waals surface area contributed by atoms with Crippen molar-refractivity contribution in [2.75, 3.05) is 32.7 Å². The van der Waals surface area contributed by atoms with Crippen molar-refractivity contribution in [3.05, 3.63) is 28.0 Å². The first-order valence-corrected chi connectivity index (χ1v) is 7.55. The number of pyridine rings is 1. The van der Waals surface area contributed by atoms with Crippen LogP contribution in [0.15, 0.2) is 12.3 Å². The van der Waals surface area contributed by atoms with E-state index in [2.05, 4.69) is 23.7 Å². The molecule has 110 valence electrons. The molecular formula is C14H19Cl2N3O. The summed E-state index contributed by atoms with van der Waals surface area (Å²) in [5.41, 5.74) is 0.434. The van der Waals surface area contributed by atoms with E-state index in [0.29, 0.717) is 16.5 Å². The molecule has 0 aliphatic carbocycles.